The summed E-state index contributed by atoms with van der Waals surface area (Å²) >= 11 is 0. The highest BCUT2D eigenvalue weighted by molar-refractivity contribution is 5.91. The van der Waals surface area contributed by atoms with E-state index >= 15 is 0 Å². The zero-order chi connectivity index (χ0) is 99.8. The number of ether oxygens (including phenoxy) is 16. The molecule has 0 unspecified atom stereocenters. The van der Waals surface area contributed by atoms with Crippen molar-refractivity contribution < 1.29 is 161 Å². The highest BCUT2D eigenvalue weighted by Gasteiger charge is 2.28. The summed E-state index contributed by atoms with van der Waals surface area (Å²) < 4.78 is 84.3. The van der Waals surface area contributed by atoms with Crippen molar-refractivity contribution in [2.75, 3.05) is 283 Å². The highest BCUT2D eigenvalue weighted by Crippen LogP contribution is 2.14. The van der Waals surface area contributed by atoms with Gasteiger partial charge in [-0.1, -0.05) is 31.6 Å². The summed E-state index contributed by atoms with van der Waals surface area (Å²) in [6.45, 7) is 24.0. The van der Waals surface area contributed by atoms with Crippen LogP contribution in [-0.4, -0.2) is 410 Å². The van der Waals surface area contributed by atoms with E-state index in [1.165, 1.54) is 20.8 Å². The van der Waals surface area contributed by atoms with E-state index in [0.29, 0.717) is 162 Å². The van der Waals surface area contributed by atoms with Gasteiger partial charge < -0.3 is 156 Å². The molecule has 48 nitrogen and oxygen atoms in total. The summed E-state index contributed by atoms with van der Waals surface area (Å²) in [7, 11) is 0. The van der Waals surface area contributed by atoms with Gasteiger partial charge in [-0.2, -0.15) is 0 Å². The predicted octanol–water partition coefficient (Wildman–Crippen LogP) is -1.52. The van der Waals surface area contributed by atoms with Crippen LogP contribution in [-0.2, 0) is 148 Å². The molecule has 1 atom stereocenters. The number of nitrogens with one attached hydrogen (secondary N) is 12. The molecule has 48 heteroatoms. The van der Waals surface area contributed by atoms with Crippen LogP contribution < -0.4 is 69.5 Å². The number of nitrogens with zero attached hydrogens (tertiary/aromatic N) is 2. The van der Waals surface area contributed by atoms with Crippen LogP contribution >= 0.6 is 0 Å². The molecule has 0 aliphatic carbocycles. The first-order valence-electron chi connectivity index (χ1n) is 45.3. The van der Waals surface area contributed by atoms with Gasteiger partial charge in [-0.3, -0.25) is 71.9 Å². The Labute approximate surface area is 804 Å². The van der Waals surface area contributed by atoms with Crippen molar-refractivity contribution in [1.29, 1.82) is 0 Å². The standard InChI is InChI=1S/C55H101N11O19.C31H56N4O14.2CH4.2H2/c1-41(67)37-82-30-26-80-24-20-60-51(73)39-84-32-28-78-22-18-58-48(70)13-10-14-49(71)59-19-23-79-29-33-85-40-52(74)61-21-25-81-27-31-83-38-46(68)34-44(53(56)75)12-8-9-17-57-47(69)15-11-16-50(72)64-45(35-62-54(4,5)42(2)65-76)36-63-55(6,7)43(3)66-77;1-26(36)22-46-18-14-44-12-8-34-30(40)24-48-20-16-42-10-6-32-28(38)4-3-5-29(39)33-7-11-43-17-21-49-25-31(41)35-9-13-45-15-19-47-23-27(2)37;;;;/h44-45,62-63,76-77H,8-40H2,1-7H3,(H2,56,75)(H,57,69)(H,58,70)(H,59,71)(H,60,73)(H,61,74)(H,64,72);3-25H2,1-2H3,(H,32,38)(H,33,39)(H,34,40)(H,35,41);2*1H4;2*1H/b65-42+,66-43+;;;;;/t44-;;;;;/m1...../s1. The van der Waals surface area contributed by atoms with Gasteiger partial charge in [-0.05, 0) is 94.4 Å². The van der Waals surface area contributed by atoms with Crippen molar-refractivity contribution >= 4 is 99.5 Å². The number of oxime groups is 2. The fraction of sp³-hybridized carbons (Fsp3) is 0.807. The second kappa shape index (κ2) is 92.4. The minimum atomic E-state index is -0.689. The number of ketones is 4. The van der Waals surface area contributed by atoms with Crippen LogP contribution in [0.2, 0.25) is 0 Å². The molecule has 0 saturated carbocycles. The molecule has 11 amide bonds. The predicted molar refractivity (Wildman–Crippen MR) is 504 cm³/mol. The van der Waals surface area contributed by atoms with Crippen molar-refractivity contribution in [2.24, 2.45) is 22.0 Å². The number of hydrogen-bond acceptors (Lipinski definition) is 37. The Morgan fingerprint density at radius 3 is 0.750 bits per heavy atom. The molecule has 0 spiro atoms. The van der Waals surface area contributed by atoms with E-state index < -0.39 is 28.9 Å². The molecular weight excluding hydrogens is 1800 g/mol. The molecule has 0 aliphatic heterocycles. The average molecular weight is 1970 g/mol. The molecule has 0 aromatic carbocycles. The molecule has 0 bridgehead atoms. The smallest absolute Gasteiger partial charge is 0.246 e. The second-order valence-electron chi connectivity index (χ2n) is 31.1. The molecule has 0 saturated heterocycles. The first-order valence-corrected chi connectivity index (χ1v) is 45.3. The lowest BCUT2D eigenvalue weighted by atomic mass is 9.95. The Kier molecular flexibility index (Phi) is 90.6. The first-order chi connectivity index (χ1) is 64.2. The summed E-state index contributed by atoms with van der Waals surface area (Å²) in [6.07, 6.45) is 3.40. The van der Waals surface area contributed by atoms with Crippen molar-refractivity contribution in [3.05, 3.63) is 0 Å². The Hall–Kier alpha value is -8.93. The number of hydrogen-bond donors (Lipinski definition) is 15. The topological polar surface area (TPSA) is 639 Å². The normalized spacial score (nSPS) is 11.6. The number of carbonyl (C=O) groups is 15. The molecule has 16 N–H and O–H groups in total. The zero-order valence-electron chi connectivity index (χ0n) is 80.3. The summed E-state index contributed by atoms with van der Waals surface area (Å²) in [4.78, 5) is 177. The van der Waals surface area contributed by atoms with Gasteiger partial charge in [0, 0.05) is 126 Å². The maximum atomic E-state index is 12.9. The van der Waals surface area contributed by atoms with E-state index in [-0.39, 0.29) is 316 Å². The summed E-state index contributed by atoms with van der Waals surface area (Å²) in [5.74, 6) is -4.24. The van der Waals surface area contributed by atoms with E-state index in [4.69, 9.17) is 81.5 Å². The zero-order valence-corrected chi connectivity index (χ0v) is 80.3. The average Bonchev–Trinajstić information content (AvgIpc) is 0.863. The number of Topliss-reactive ketones (excluding diaryl/α,β-unsaturated/α-hetero) is 4. The quantitative estimate of drug-likeness (QED) is 0.0142. The number of primary amides is 1. The fourth-order valence-corrected chi connectivity index (χ4v) is 10.4. The summed E-state index contributed by atoms with van der Waals surface area (Å²) in [5, 5.41) is 58.9. The summed E-state index contributed by atoms with van der Waals surface area (Å²) in [6, 6.07) is -0.396. The van der Waals surface area contributed by atoms with Crippen LogP contribution in [0.25, 0.3) is 0 Å². The monoisotopic (exact) mass is 1960 g/mol. The number of carbonyl (C=O) groups excluding carboxylic acids is 15. The van der Waals surface area contributed by atoms with Crippen molar-refractivity contribution in [3.63, 3.8) is 0 Å². The highest BCUT2D eigenvalue weighted by atomic mass is 16.6. The fourth-order valence-electron chi connectivity index (χ4n) is 10.4. The number of amides is 11. The lowest BCUT2D eigenvalue weighted by Gasteiger charge is -2.32. The molecule has 0 aromatic heterocycles. The lowest BCUT2D eigenvalue weighted by Crippen LogP contribution is -2.57. The van der Waals surface area contributed by atoms with E-state index in [1.807, 2.05) is 27.7 Å². The minimum absolute atomic E-state index is 0. The lowest BCUT2D eigenvalue weighted by molar-refractivity contribution is -0.130. The van der Waals surface area contributed by atoms with Gasteiger partial charge in [0.1, 0.15) is 52.9 Å². The van der Waals surface area contributed by atoms with E-state index in [0.717, 1.165) is 0 Å². The number of nitrogens with two attached hydrogens (primary N) is 1. The van der Waals surface area contributed by atoms with E-state index in [2.05, 4.69) is 74.1 Å². The summed E-state index contributed by atoms with van der Waals surface area (Å²) in [5.41, 5.74) is 5.17. The molecule has 0 rings (SSSR count). The van der Waals surface area contributed by atoms with Gasteiger partial charge >= 0.3 is 0 Å². The first kappa shape index (κ1) is 133. The third-order valence-corrected chi connectivity index (χ3v) is 18.3. The van der Waals surface area contributed by atoms with Crippen LogP contribution in [0.3, 0.4) is 0 Å². The third kappa shape index (κ3) is 91.5. The van der Waals surface area contributed by atoms with Gasteiger partial charge in [-0.25, -0.2) is 0 Å². The van der Waals surface area contributed by atoms with Crippen molar-refractivity contribution in [1.82, 2.24) is 63.8 Å². The Bertz CT molecular complexity index is 3200. The van der Waals surface area contributed by atoms with Crippen molar-refractivity contribution in [2.45, 2.75) is 178 Å². The van der Waals surface area contributed by atoms with Crippen LogP contribution in [0.15, 0.2) is 10.3 Å². The van der Waals surface area contributed by atoms with Crippen molar-refractivity contribution in [3.8, 4) is 0 Å². The number of rotatable bonds is 93. The second-order valence-corrected chi connectivity index (χ2v) is 31.1. The third-order valence-electron chi connectivity index (χ3n) is 18.3. The van der Waals surface area contributed by atoms with Crippen LogP contribution in [0.1, 0.15) is 163 Å². The molecule has 0 aromatic rings. The Balaban J connectivity index is -0.000000701. The van der Waals surface area contributed by atoms with Gasteiger partial charge in [0.25, 0.3) is 0 Å². The van der Waals surface area contributed by atoms with Gasteiger partial charge in [0.15, 0.2) is 23.1 Å². The molecule has 0 aliphatic rings. The molecule has 794 valence electrons. The minimum Gasteiger partial charge on any atom is -0.411 e. The molecule has 0 heterocycles. The van der Waals surface area contributed by atoms with Crippen LogP contribution in [0, 0.1) is 5.92 Å². The van der Waals surface area contributed by atoms with E-state index in [9.17, 15) is 82.3 Å². The molecular formula is C88H169N15O33. The molecule has 0 fully saturated rings. The number of unbranched alkanes of at least 4 members (excludes halogenated alkanes) is 1. The largest absolute Gasteiger partial charge is 0.411 e. The SMILES string of the molecule is C.C.CC(=O)COCCOCCNC(=O)COCCOCCNC(=O)CCCC(=O)NCCOCCOCC(=O)NCCOCCOCC(=O)C[C@@H](CCCCNC(=O)CCCC(=O)NC(CNC(C)(C)/C(C)=N/O)CNC(C)(C)/C(C)=N/O)C(N)=O.CC(=O)COCCOCCNC(=O)COCCOCCNC(=O)CCCC(=O)NCCOCCOCC(=O)NCCOCCOCC(C)=O.[HH].[HH]. The maximum Gasteiger partial charge on any atom is 0.246 e. The van der Waals surface area contributed by atoms with Gasteiger partial charge in [0.2, 0.25) is 65.0 Å². The van der Waals surface area contributed by atoms with Crippen LogP contribution in [0.5, 0.6) is 0 Å². The van der Waals surface area contributed by atoms with Gasteiger partial charge in [-0.15, -0.1) is 0 Å². The Morgan fingerprint density at radius 1 is 0.287 bits per heavy atom. The van der Waals surface area contributed by atoms with Crippen LogP contribution in [0.4, 0.5) is 0 Å². The maximum absolute atomic E-state index is 12.9. The Morgan fingerprint density at radius 2 is 0.507 bits per heavy atom. The molecule has 0 radical (unpaired) electrons. The van der Waals surface area contributed by atoms with Gasteiger partial charge in [0.05, 0.1) is 187 Å². The molecule has 136 heavy (non-hydrogen) atoms. The van der Waals surface area contributed by atoms with E-state index in [1.54, 1.807) is 13.8 Å².